The van der Waals surface area contributed by atoms with E-state index in [9.17, 15) is 4.79 Å². The zero-order valence-corrected chi connectivity index (χ0v) is 15.2. The average Bonchev–Trinajstić information content (AvgIpc) is 3.26. The summed E-state index contributed by atoms with van der Waals surface area (Å²) in [7, 11) is 3.74. The number of amides is 1. The SMILES string of the molecule is COCCn1ccnc1C1CCCN(C(=O)CCc2cccn2C)C1. The molecule has 1 fully saturated rings. The Hall–Kier alpha value is -2.08. The van der Waals surface area contributed by atoms with Crippen LogP contribution >= 0.6 is 0 Å². The molecule has 0 aromatic carbocycles. The Morgan fingerprint density at radius 2 is 2.28 bits per heavy atom. The lowest BCUT2D eigenvalue weighted by molar-refractivity contribution is -0.132. The number of hydrogen-bond acceptors (Lipinski definition) is 3. The number of ether oxygens (including phenoxy) is 1. The van der Waals surface area contributed by atoms with E-state index >= 15 is 0 Å². The lowest BCUT2D eigenvalue weighted by Crippen LogP contribution is -2.40. The Kier molecular flexibility index (Phi) is 5.91. The van der Waals surface area contributed by atoms with Crippen LogP contribution in [0, 0.1) is 0 Å². The van der Waals surface area contributed by atoms with Crippen LogP contribution in [0.4, 0.5) is 0 Å². The van der Waals surface area contributed by atoms with Gasteiger partial charge in [-0.3, -0.25) is 4.79 Å². The summed E-state index contributed by atoms with van der Waals surface area (Å²) in [5, 5.41) is 0. The van der Waals surface area contributed by atoms with E-state index in [4.69, 9.17) is 4.74 Å². The average molecular weight is 344 g/mol. The summed E-state index contributed by atoms with van der Waals surface area (Å²) in [5.41, 5.74) is 1.21. The molecule has 6 nitrogen and oxygen atoms in total. The Bertz CT molecular complexity index is 691. The molecular formula is C19H28N4O2. The van der Waals surface area contributed by atoms with Gasteiger partial charge in [-0.2, -0.15) is 0 Å². The number of aromatic nitrogens is 3. The van der Waals surface area contributed by atoms with Crippen LogP contribution in [0.5, 0.6) is 0 Å². The summed E-state index contributed by atoms with van der Waals surface area (Å²) in [6.45, 7) is 3.12. The van der Waals surface area contributed by atoms with Gasteiger partial charge >= 0.3 is 0 Å². The molecule has 0 bridgehead atoms. The summed E-state index contributed by atoms with van der Waals surface area (Å²) in [6, 6.07) is 4.11. The van der Waals surface area contributed by atoms with Crippen molar-refractivity contribution < 1.29 is 9.53 Å². The van der Waals surface area contributed by atoms with Crippen LogP contribution in [0.3, 0.4) is 0 Å². The number of carbonyl (C=O) groups excluding carboxylic acids is 1. The van der Waals surface area contributed by atoms with Gasteiger partial charge in [0.25, 0.3) is 0 Å². The van der Waals surface area contributed by atoms with Crippen molar-refractivity contribution in [3.63, 3.8) is 0 Å². The summed E-state index contributed by atoms with van der Waals surface area (Å²) < 4.78 is 9.42. The van der Waals surface area contributed by atoms with Crippen LogP contribution in [0.2, 0.25) is 0 Å². The predicted octanol–water partition coefficient (Wildman–Crippen LogP) is 2.21. The molecule has 1 atom stereocenters. The van der Waals surface area contributed by atoms with Crippen molar-refractivity contribution in [1.82, 2.24) is 19.0 Å². The molecule has 0 aliphatic carbocycles. The largest absolute Gasteiger partial charge is 0.383 e. The minimum Gasteiger partial charge on any atom is -0.383 e. The first-order valence-corrected chi connectivity index (χ1v) is 9.07. The fourth-order valence-corrected chi connectivity index (χ4v) is 3.62. The van der Waals surface area contributed by atoms with Crippen molar-refractivity contribution in [2.45, 2.75) is 38.1 Å². The van der Waals surface area contributed by atoms with Crippen molar-refractivity contribution >= 4 is 5.91 Å². The highest BCUT2D eigenvalue weighted by atomic mass is 16.5. The van der Waals surface area contributed by atoms with Gasteiger partial charge in [-0.15, -0.1) is 0 Å². The second kappa shape index (κ2) is 8.34. The minimum absolute atomic E-state index is 0.251. The maximum Gasteiger partial charge on any atom is 0.222 e. The summed E-state index contributed by atoms with van der Waals surface area (Å²) in [5.74, 6) is 1.65. The van der Waals surface area contributed by atoms with E-state index in [1.54, 1.807) is 7.11 Å². The van der Waals surface area contributed by atoms with Gasteiger partial charge in [0.1, 0.15) is 5.82 Å². The van der Waals surface area contributed by atoms with Crippen molar-refractivity contribution in [3.05, 3.63) is 42.2 Å². The molecule has 1 saturated heterocycles. The summed E-state index contributed by atoms with van der Waals surface area (Å²) >= 11 is 0. The zero-order chi connectivity index (χ0) is 17.6. The molecule has 3 heterocycles. The van der Waals surface area contributed by atoms with Gasteiger partial charge in [-0.25, -0.2) is 4.98 Å². The number of nitrogens with zero attached hydrogens (tertiary/aromatic N) is 4. The molecule has 25 heavy (non-hydrogen) atoms. The second-order valence-electron chi connectivity index (χ2n) is 6.76. The van der Waals surface area contributed by atoms with Gasteiger partial charge in [0.05, 0.1) is 6.61 Å². The van der Waals surface area contributed by atoms with Crippen molar-refractivity contribution in [2.75, 3.05) is 26.8 Å². The first-order valence-electron chi connectivity index (χ1n) is 9.07. The van der Waals surface area contributed by atoms with Gasteiger partial charge in [-0.05, 0) is 31.4 Å². The fraction of sp³-hybridized carbons (Fsp3) is 0.579. The smallest absolute Gasteiger partial charge is 0.222 e. The highest BCUT2D eigenvalue weighted by Crippen LogP contribution is 2.26. The third kappa shape index (κ3) is 4.31. The normalized spacial score (nSPS) is 17.8. The second-order valence-corrected chi connectivity index (χ2v) is 6.76. The molecule has 0 radical (unpaired) electrons. The summed E-state index contributed by atoms with van der Waals surface area (Å²) in [6.07, 6.45) is 9.38. The number of likely N-dealkylation sites (tertiary alicyclic amines) is 1. The Balaban J connectivity index is 1.58. The van der Waals surface area contributed by atoms with Crippen molar-refractivity contribution in [1.29, 1.82) is 0 Å². The monoisotopic (exact) mass is 344 g/mol. The molecule has 0 N–H and O–H groups in total. The number of rotatable bonds is 7. The van der Waals surface area contributed by atoms with Crippen molar-refractivity contribution in [2.24, 2.45) is 7.05 Å². The maximum absolute atomic E-state index is 12.6. The van der Waals surface area contributed by atoms with Crippen LogP contribution in [-0.4, -0.2) is 51.7 Å². The molecule has 3 rings (SSSR count). The van der Waals surface area contributed by atoms with Crippen LogP contribution in [0.25, 0.3) is 0 Å². The lowest BCUT2D eigenvalue weighted by atomic mass is 9.96. The molecule has 0 spiro atoms. The number of methoxy groups -OCH3 is 1. The first-order chi connectivity index (χ1) is 12.2. The molecular weight excluding hydrogens is 316 g/mol. The highest BCUT2D eigenvalue weighted by Gasteiger charge is 2.27. The van der Waals surface area contributed by atoms with E-state index in [2.05, 4.69) is 20.2 Å². The number of imidazole rings is 1. The topological polar surface area (TPSA) is 52.3 Å². The Morgan fingerprint density at radius 1 is 1.40 bits per heavy atom. The number of aryl methyl sites for hydroxylation is 2. The molecule has 2 aromatic rings. The molecule has 1 unspecified atom stereocenters. The van der Waals surface area contributed by atoms with E-state index in [0.717, 1.165) is 44.7 Å². The number of carbonyl (C=O) groups is 1. The van der Waals surface area contributed by atoms with Gasteiger partial charge in [0, 0.05) is 70.4 Å². The Morgan fingerprint density at radius 3 is 3.04 bits per heavy atom. The van der Waals surface area contributed by atoms with Gasteiger partial charge in [-0.1, -0.05) is 0 Å². The van der Waals surface area contributed by atoms with E-state index in [-0.39, 0.29) is 5.91 Å². The molecule has 136 valence electrons. The first kappa shape index (κ1) is 17.7. The number of piperidine rings is 1. The zero-order valence-electron chi connectivity index (χ0n) is 15.2. The van der Waals surface area contributed by atoms with E-state index < -0.39 is 0 Å². The van der Waals surface area contributed by atoms with Gasteiger partial charge in [0.2, 0.25) is 5.91 Å². The van der Waals surface area contributed by atoms with Crippen LogP contribution < -0.4 is 0 Å². The Labute approximate surface area is 149 Å². The van der Waals surface area contributed by atoms with Gasteiger partial charge < -0.3 is 18.8 Å². The number of hydrogen-bond donors (Lipinski definition) is 0. The van der Waals surface area contributed by atoms with Crippen LogP contribution in [0.1, 0.15) is 36.7 Å². The third-order valence-electron chi connectivity index (χ3n) is 5.07. The highest BCUT2D eigenvalue weighted by molar-refractivity contribution is 5.76. The fourth-order valence-electron chi connectivity index (χ4n) is 3.62. The van der Waals surface area contributed by atoms with Gasteiger partial charge in [0.15, 0.2) is 0 Å². The van der Waals surface area contributed by atoms with E-state index in [1.165, 1.54) is 5.69 Å². The molecule has 1 aliphatic heterocycles. The molecule has 6 heteroatoms. The molecule has 1 aliphatic rings. The molecule has 0 saturated carbocycles. The minimum atomic E-state index is 0.251. The van der Waals surface area contributed by atoms with Crippen LogP contribution in [0.15, 0.2) is 30.7 Å². The van der Waals surface area contributed by atoms with Crippen molar-refractivity contribution in [3.8, 4) is 0 Å². The summed E-state index contributed by atoms with van der Waals surface area (Å²) in [4.78, 5) is 19.2. The van der Waals surface area contributed by atoms with Crippen LogP contribution in [-0.2, 0) is 29.5 Å². The van der Waals surface area contributed by atoms with E-state index in [0.29, 0.717) is 18.9 Å². The quantitative estimate of drug-likeness (QED) is 0.774. The third-order valence-corrected chi connectivity index (χ3v) is 5.07. The maximum atomic E-state index is 12.6. The van der Waals surface area contributed by atoms with E-state index in [1.807, 2.05) is 36.6 Å². The predicted molar refractivity (Wildman–Crippen MR) is 96.4 cm³/mol. The standard InChI is InChI=1S/C19H28N4O2/c1-21-10-4-6-17(21)7-8-18(24)23-11-3-5-16(15-23)19-20-9-12-22(19)13-14-25-2/h4,6,9-10,12,16H,3,5,7-8,11,13-15H2,1-2H3. The molecule has 2 aromatic heterocycles. The molecule has 1 amide bonds. The lowest BCUT2D eigenvalue weighted by Gasteiger charge is -2.33.